The lowest BCUT2D eigenvalue weighted by Crippen LogP contribution is -2.46. The fourth-order valence-corrected chi connectivity index (χ4v) is 1.87. The van der Waals surface area contributed by atoms with Crippen LogP contribution in [0.3, 0.4) is 0 Å². The van der Waals surface area contributed by atoms with E-state index >= 15 is 0 Å². The quantitative estimate of drug-likeness (QED) is 0.626. The number of rotatable bonds is 8. The molecular formula is C14H30N2O2. The van der Waals surface area contributed by atoms with E-state index in [1.165, 1.54) is 0 Å². The molecule has 0 fully saturated rings. The highest BCUT2D eigenvalue weighted by molar-refractivity contribution is 5.74. The van der Waals surface area contributed by atoms with Crippen molar-refractivity contribution >= 4 is 6.03 Å². The van der Waals surface area contributed by atoms with Crippen LogP contribution in [-0.4, -0.2) is 30.3 Å². The van der Waals surface area contributed by atoms with Gasteiger partial charge in [-0.3, -0.25) is 0 Å². The summed E-state index contributed by atoms with van der Waals surface area (Å²) < 4.78 is 0. The van der Waals surface area contributed by atoms with Crippen molar-refractivity contribution in [3.8, 4) is 0 Å². The molecule has 4 heteroatoms. The van der Waals surface area contributed by atoms with Gasteiger partial charge in [0.1, 0.15) is 0 Å². The van der Waals surface area contributed by atoms with Crippen LogP contribution >= 0.6 is 0 Å². The van der Waals surface area contributed by atoms with Gasteiger partial charge in [-0.15, -0.1) is 0 Å². The lowest BCUT2D eigenvalue weighted by atomic mass is 9.79. The molecule has 18 heavy (non-hydrogen) atoms. The first-order valence-electron chi connectivity index (χ1n) is 7.06. The van der Waals surface area contributed by atoms with Gasteiger partial charge >= 0.3 is 6.03 Å². The Labute approximate surface area is 112 Å². The van der Waals surface area contributed by atoms with E-state index in [1.54, 1.807) is 0 Å². The molecule has 1 unspecified atom stereocenters. The summed E-state index contributed by atoms with van der Waals surface area (Å²) in [6.07, 6.45) is 2.66. The van der Waals surface area contributed by atoms with E-state index in [1.807, 2.05) is 6.92 Å². The molecule has 0 spiro atoms. The summed E-state index contributed by atoms with van der Waals surface area (Å²) in [5.74, 6) is 0.426. The van der Waals surface area contributed by atoms with Gasteiger partial charge in [0.05, 0.1) is 0 Å². The number of amides is 2. The van der Waals surface area contributed by atoms with Crippen molar-refractivity contribution in [1.29, 1.82) is 0 Å². The molecule has 0 aliphatic carbocycles. The summed E-state index contributed by atoms with van der Waals surface area (Å²) in [7, 11) is 0. The number of hydrogen-bond donors (Lipinski definition) is 3. The summed E-state index contributed by atoms with van der Waals surface area (Å²) in [6, 6.07) is 0.0564. The third-order valence-electron chi connectivity index (χ3n) is 4.12. The second kappa shape index (κ2) is 8.35. The fraction of sp³-hybridized carbons (Fsp3) is 0.929. The number of carbonyl (C=O) groups is 1. The van der Waals surface area contributed by atoms with E-state index in [2.05, 4.69) is 38.3 Å². The smallest absolute Gasteiger partial charge is 0.315 e. The molecule has 1 atom stereocenters. The number of aliphatic hydroxyl groups is 1. The Morgan fingerprint density at radius 2 is 1.78 bits per heavy atom. The van der Waals surface area contributed by atoms with Crippen molar-refractivity contribution in [1.82, 2.24) is 10.6 Å². The van der Waals surface area contributed by atoms with Crippen LogP contribution in [-0.2, 0) is 0 Å². The Balaban J connectivity index is 4.23. The van der Waals surface area contributed by atoms with Crippen molar-refractivity contribution in [3.63, 3.8) is 0 Å². The Morgan fingerprint density at radius 1 is 1.22 bits per heavy atom. The third-order valence-corrected chi connectivity index (χ3v) is 4.12. The Kier molecular flexibility index (Phi) is 8.00. The van der Waals surface area contributed by atoms with Crippen molar-refractivity contribution in [2.45, 2.75) is 59.9 Å². The van der Waals surface area contributed by atoms with E-state index in [-0.39, 0.29) is 24.1 Å². The van der Waals surface area contributed by atoms with Crippen molar-refractivity contribution in [2.24, 2.45) is 11.3 Å². The third kappa shape index (κ3) is 5.71. The molecule has 2 amide bonds. The first-order valence-corrected chi connectivity index (χ1v) is 7.06. The van der Waals surface area contributed by atoms with Gasteiger partial charge in [0.25, 0.3) is 0 Å². The highest BCUT2D eigenvalue weighted by atomic mass is 16.3. The van der Waals surface area contributed by atoms with Crippen LogP contribution in [0.25, 0.3) is 0 Å². The van der Waals surface area contributed by atoms with E-state index in [0.717, 1.165) is 19.3 Å². The van der Waals surface area contributed by atoms with Crippen LogP contribution in [0.1, 0.15) is 53.9 Å². The number of nitrogens with one attached hydrogen (secondary N) is 2. The minimum absolute atomic E-state index is 0.0210. The van der Waals surface area contributed by atoms with Crippen molar-refractivity contribution in [2.75, 3.05) is 13.2 Å². The summed E-state index contributed by atoms with van der Waals surface area (Å²) in [4.78, 5) is 11.8. The zero-order valence-corrected chi connectivity index (χ0v) is 12.5. The first kappa shape index (κ1) is 17.2. The summed E-state index contributed by atoms with van der Waals surface area (Å²) in [6.45, 7) is 11.2. The monoisotopic (exact) mass is 258 g/mol. The van der Waals surface area contributed by atoms with Crippen LogP contribution in [0.5, 0.6) is 0 Å². The molecule has 0 saturated heterocycles. The highest BCUT2D eigenvalue weighted by Gasteiger charge is 2.26. The van der Waals surface area contributed by atoms with Crippen LogP contribution in [0.2, 0.25) is 0 Å². The van der Waals surface area contributed by atoms with Crippen LogP contribution in [0, 0.1) is 11.3 Å². The molecule has 0 bridgehead atoms. The molecule has 0 aromatic heterocycles. The van der Waals surface area contributed by atoms with Gasteiger partial charge in [-0.2, -0.15) is 0 Å². The van der Waals surface area contributed by atoms with Gasteiger partial charge in [0, 0.05) is 19.2 Å². The van der Waals surface area contributed by atoms with E-state index in [4.69, 9.17) is 5.11 Å². The zero-order valence-electron chi connectivity index (χ0n) is 12.5. The molecule has 0 aromatic carbocycles. The molecule has 108 valence electrons. The number of aliphatic hydroxyl groups excluding tert-OH is 1. The molecule has 4 nitrogen and oxygen atoms in total. The molecule has 0 aliphatic heterocycles. The predicted molar refractivity (Wildman–Crippen MR) is 75.6 cm³/mol. The highest BCUT2D eigenvalue weighted by Crippen LogP contribution is 2.29. The van der Waals surface area contributed by atoms with E-state index in [0.29, 0.717) is 12.5 Å². The normalized spacial score (nSPS) is 13.5. The Hall–Kier alpha value is -0.770. The topological polar surface area (TPSA) is 61.4 Å². The summed E-state index contributed by atoms with van der Waals surface area (Å²) in [5.41, 5.74) is 0.0210. The second-order valence-electron chi connectivity index (χ2n) is 5.54. The molecule has 0 heterocycles. The van der Waals surface area contributed by atoms with Gasteiger partial charge in [0.2, 0.25) is 0 Å². The van der Waals surface area contributed by atoms with Crippen LogP contribution in [0.15, 0.2) is 0 Å². The predicted octanol–water partition coefficient (Wildman–Crippen LogP) is 2.52. The molecule has 3 N–H and O–H groups in total. The lowest BCUT2D eigenvalue weighted by Gasteiger charge is -2.31. The maximum Gasteiger partial charge on any atom is 0.315 e. The van der Waals surface area contributed by atoms with Crippen molar-refractivity contribution in [3.05, 3.63) is 0 Å². The first-order chi connectivity index (χ1) is 8.40. The van der Waals surface area contributed by atoms with E-state index in [9.17, 15) is 4.79 Å². The molecule has 0 saturated carbocycles. The van der Waals surface area contributed by atoms with Gasteiger partial charge in [0.15, 0.2) is 0 Å². The second-order valence-corrected chi connectivity index (χ2v) is 5.54. The largest absolute Gasteiger partial charge is 0.396 e. The molecular weight excluding hydrogens is 228 g/mol. The van der Waals surface area contributed by atoms with Gasteiger partial charge in [-0.05, 0) is 37.5 Å². The SMILES string of the molecule is CCC(CC)(CCO)CNC(=O)NC(C)C(C)C. The maximum absolute atomic E-state index is 11.8. The molecule has 0 aliphatic rings. The zero-order chi connectivity index (χ0) is 14.2. The minimum atomic E-state index is -0.111. The van der Waals surface area contributed by atoms with Gasteiger partial charge in [-0.1, -0.05) is 27.7 Å². The number of hydrogen-bond acceptors (Lipinski definition) is 2. The fourth-order valence-electron chi connectivity index (χ4n) is 1.87. The average molecular weight is 258 g/mol. The van der Waals surface area contributed by atoms with E-state index < -0.39 is 0 Å². The minimum Gasteiger partial charge on any atom is -0.396 e. The van der Waals surface area contributed by atoms with Gasteiger partial charge < -0.3 is 15.7 Å². The van der Waals surface area contributed by atoms with Crippen LogP contribution in [0.4, 0.5) is 4.79 Å². The Morgan fingerprint density at radius 3 is 2.17 bits per heavy atom. The summed E-state index contributed by atoms with van der Waals surface area (Å²) >= 11 is 0. The maximum atomic E-state index is 11.8. The number of urea groups is 1. The van der Waals surface area contributed by atoms with Gasteiger partial charge in [-0.25, -0.2) is 4.79 Å². The lowest BCUT2D eigenvalue weighted by molar-refractivity contribution is 0.162. The average Bonchev–Trinajstić information content (AvgIpc) is 2.34. The van der Waals surface area contributed by atoms with Crippen LogP contribution < -0.4 is 10.6 Å². The molecule has 0 radical (unpaired) electrons. The Bertz CT molecular complexity index is 238. The van der Waals surface area contributed by atoms with Crippen molar-refractivity contribution < 1.29 is 9.90 Å². The standard InChI is InChI=1S/C14H30N2O2/c1-6-14(7-2,8-9-17)10-15-13(18)16-12(5)11(3)4/h11-12,17H,6-10H2,1-5H3,(H2,15,16,18). The molecule has 0 aromatic rings. The number of carbonyl (C=O) groups excluding carboxylic acids is 1. The summed E-state index contributed by atoms with van der Waals surface area (Å²) in [5, 5.41) is 15.0. The molecule has 0 rings (SSSR count).